The van der Waals surface area contributed by atoms with Crippen LogP contribution in [0.2, 0.25) is 0 Å². The number of carboxylic acids is 1. The van der Waals surface area contributed by atoms with Gasteiger partial charge in [-0.1, -0.05) is 0 Å². The van der Waals surface area contributed by atoms with E-state index in [1.54, 1.807) is 18.2 Å². The second kappa shape index (κ2) is 6.22. The fraction of sp³-hybridized carbons (Fsp3) is 0.429. The van der Waals surface area contributed by atoms with Gasteiger partial charge in [0.2, 0.25) is 0 Å². The first-order valence-corrected chi connectivity index (χ1v) is 6.31. The number of benzene rings is 1. The van der Waals surface area contributed by atoms with Crippen molar-refractivity contribution >= 4 is 11.8 Å². The van der Waals surface area contributed by atoms with Crippen molar-refractivity contribution in [2.45, 2.75) is 25.7 Å². The Morgan fingerprint density at radius 1 is 1.05 bits per heavy atom. The highest BCUT2D eigenvalue weighted by atomic mass is 16.6. The molecule has 2 rings (SSSR count). The normalized spacial score (nSPS) is 13.1. The van der Waals surface area contributed by atoms with Crippen molar-refractivity contribution in [3.63, 3.8) is 0 Å². The summed E-state index contributed by atoms with van der Waals surface area (Å²) in [6, 6.07) is 5.14. The van der Waals surface area contributed by atoms with Gasteiger partial charge in [-0.05, 0) is 31.0 Å². The number of carbonyl (C=O) groups excluding carboxylic acids is 1. The summed E-state index contributed by atoms with van der Waals surface area (Å²) in [6.07, 6.45) is 1.56. The molecule has 5 nitrogen and oxygen atoms in total. The van der Waals surface area contributed by atoms with Gasteiger partial charge in [0.05, 0.1) is 0 Å². The predicted molar refractivity (Wildman–Crippen MR) is 67.9 cm³/mol. The van der Waals surface area contributed by atoms with E-state index in [0.717, 1.165) is 0 Å². The maximum atomic E-state index is 11.9. The first-order chi connectivity index (χ1) is 9.16. The van der Waals surface area contributed by atoms with Crippen molar-refractivity contribution in [1.29, 1.82) is 0 Å². The van der Waals surface area contributed by atoms with Crippen LogP contribution in [0.3, 0.4) is 0 Å². The molecule has 0 radical (unpaired) electrons. The molecule has 1 heterocycles. The molecule has 102 valence electrons. The monoisotopic (exact) mass is 264 g/mol. The lowest BCUT2D eigenvalue weighted by molar-refractivity contribution is -0.137. The molecule has 0 aliphatic carbocycles. The molecular formula is C14H16O5. The highest BCUT2D eigenvalue weighted by Gasteiger charge is 2.14. The van der Waals surface area contributed by atoms with E-state index in [-0.39, 0.29) is 12.2 Å². The van der Waals surface area contributed by atoms with E-state index in [9.17, 15) is 9.59 Å². The number of unbranched alkanes of at least 4 members (excludes halogenated alkanes) is 1. The van der Waals surface area contributed by atoms with Gasteiger partial charge in [-0.25, -0.2) is 0 Å². The highest BCUT2D eigenvalue weighted by molar-refractivity contribution is 5.96. The SMILES string of the molecule is O=C(O)CCCCC(=O)c1ccc2c(c1)OCCO2. The number of carbonyl (C=O) groups is 2. The summed E-state index contributed by atoms with van der Waals surface area (Å²) in [5, 5.41) is 8.51. The molecule has 0 amide bonds. The maximum Gasteiger partial charge on any atom is 0.303 e. The fourth-order valence-corrected chi connectivity index (χ4v) is 1.92. The van der Waals surface area contributed by atoms with E-state index < -0.39 is 5.97 Å². The van der Waals surface area contributed by atoms with E-state index in [1.807, 2.05) is 0 Å². The Kier molecular flexibility index (Phi) is 4.39. The summed E-state index contributed by atoms with van der Waals surface area (Å²) in [7, 11) is 0. The van der Waals surface area contributed by atoms with Crippen LogP contribution in [0.25, 0.3) is 0 Å². The second-order valence-electron chi connectivity index (χ2n) is 4.38. The number of Topliss-reactive ketones (excluding diaryl/α,β-unsaturated/α-hetero) is 1. The van der Waals surface area contributed by atoms with Gasteiger partial charge in [-0.2, -0.15) is 0 Å². The lowest BCUT2D eigenvalue weighted by Gasteiger charge is -2.18. The molecule has 0 saturated heterocycles. The Hall–Kier alpha value is -2.04. The molecule has 0 spiro atoms. The average Bonchev–Trinajstić information content (AvgIpc) is 2.42. The summed E-state index contributed by atoms with van der Waals surface area (Å²) in [6.45, 7) is 1.01. The molecule has 0 bridgehead atoms. The largest absolute Gasteiger partial charge is 0.486 e. The maximum absolute atomic E-state index is 11.9. The minimum atomic E-state index is -0.827. The van der Waals surface area contributed by atoms with E-state index in [0.29, 0.717) is 49.5 Å². The van der Waals surface area contributed by atoms with Gasteiger partial charge >= 0.3 is 5.97 Å². The van der Waals surface area contributed by atoms with Crippen molar-refractivity contribution < 1.29 is 24.2 Å². The molecule has 0 saturated carbocycles. The van der Waals surface area contributed by atoms with Crippen LogP contribution in [0.1, 0.15) is 36.0 Å². The zero-order valence-corrected chi connectivity index (χ0v) is 10.6. The number of hydrogen-bond donors (Lipinski definition) is 1. The van der Waals surface area contributed by atoms with Gasteiger partial charge in [-0.3, -0.25) is 9.59 Å². The average molecular weight is 264 g/mol. The lowest BCUT2D eigenvalue weighted by atomic mass is 10.0. The standard InChI is InChI=1S/C14H16O5/c15-11(3-1-2-4-14(16)17)10-5-6-12-13(9-10)19-8-7-18-12/h5-6,9H,1-4,7-8H2,(H,16,17). The van der Waals surface area contributed by atoms with Crippen LogP contribution in [0.4, 0.5) is 0 Å². The number of aliphatic carboxylic acids is 1. The van der Waals surface area contributed by atoms with Gasteiger partial charge in [0, 0.05) is 18.4 Å². The van der Waals surface area contributed by atoms with Gasteiger partial charge in [0.25, 0.3) is 0 Å². The van der Waals surface area contributed by atoms with Crippen LogP contribution < -0.4 is 9.47 Å². The van der Waals surface area contributed by atoms with Crippen molar-refractivity contribution in [1.82, 2.24) is 0 Å². The predicted octanol–water partition coefficient (Wildman–Crippen LogP) is 2.29. The van der Waals surface area contributed by atoms with Crippen LogP contribution in [0, 0.1) is 0 Å². The molecular weight excluding hydrogens is 248 g/mol. The summed E-state index contributed by atoms with van der Waals surface area (Å²) in [5.74, 6) is 0.436. The van der Waals surface area contributed by atoms with Gasteiger partial charge in [-0.15, -0.1) is 0 Å². The molecule has 1 aromatic rings. The zero-order valence-electron chi connectivity index (χ0n) is 10.6. The first-order valence-electron chi connectivity index (χ1n) is 6.31. The van der Waals surface area contributed by atoms with Gasteiger partial charge in [0.15, 0.2) is 17.3 Å². The van der Waals surface area contributed by atoms with Crippen LogP contribution in [-0.4, -0.2) is 30.1 Å². The third-order valence-electron chi connectivity index (χ3n) is 2.91. The minimum Gasteiger partial charge on any atom is -0.486 e. The molecule has 1 aromatic carbocycles. The highest BCUT2D eigenvalue weighted by Crippen LogP contribution is 2.31. The van der Waals surface area contributed by atoms with Crippen LogP contribution >= 0.6 is 0 Å². The van der Waals surface area contributed by atoms with Crippen LogP contribution in [0.5, 0.6) is 11.5 Å². The number of ketones is 1. The van der Waals surface area contributed by atoms with E-state index >= 15 is 0 Å². The van der Waals surface area contributed by atoms with Gasteiger partial charge < -0.3 is 14.6 Å². The molecule has 0 aromatic heterocycles. The summed E-state index contributed by atoms with van der Waals surface area (Å²) >= 11 is 0. The third kappa shape index (κ3) is 3.71. The molecule has 0 atom stereocenters. The van der Waals surface area contributed by atoms with Crippen molar-refractivity contribution in [3.8, 4) is 11.5 Å². The molecule has 1 N–H and O–H groups in total. The first kappa shape index (κ1) is 13.4. The Balaban J connectivity index is 1.90. The molecule has 1 aliphatic rings. The number of ether oxygens (including phenoxy) is 2. The summed E-state index contributed by atoms with van der Waals surface area (Å²) in [4.78, 5) is 22.3. The minimum absolute atomic E-state index is 0.00219. The summed E-state index contributed by atoms with van der Waals surface area (Å²) < 4.78 is 10.8. The van der Waals surface area contributed by atoms with E-state index in [1.165, 1.54) is 0 Å². The number of carboxylic acid groups (broad SMARTS) is 1. The van der Waals surface area contributed by atoms with Crippen molar-refractivity contribution in [2.75, 3.05) is 13.2 Å². The quantitative estimate of drug-likeness (QED) is 0.630. The van der Waals surface area contributed by atoms with Crippen LogP contribution in [-0.2, 0) is 4.79 Å². The Labute approximate surface area is 111 Å². The zero-order chi connectivity index (χ0) is 13.7. The van der Waals surface area contributed by atoms with Crippen molar-refractivity contribution in [3.05, 3.63) is 23.8 Å². The van der Waals surface area contributed by atoms with Crippen molar-refractivity contribution in [2.24, 2.45) is 0 Å². The Morgan fingerprint density at radius 2 is 1.74 bits per heavy atom. The molecule has 0 fully saturated rings. The lowest BCUT2D eigenvalue weighted by Crippen LogP contribution is -2.15. The number of hydrogen-bond acceptors (Lipinski definition) is 4. The topological polar surface area (TPSA) is 72.8 Å². The van der Waals surface area contributed by atoms with E-state index in [4.69, 9.17) is 14.6 Å². The fourth-order valence-electron chi connectivity index (χ4n) is 1.92. The second-order valence-corrected chi connectivity index (χ2v) is 4.38. The smallest absolute Gasteiger partial charge is 0.303 e. The molecule has 19 heavy (non-hydrogen) atoms. The Bertz CT molecular complexity index is 481. The molecule has 0 unspecified atom stereocenters. The van der Waals surface area contributed by atoms with Crippen LogP contribution in [0.15, 0.2) is 18.2 Å². The molecule has 1 aliphatic heterocycles. The number of fused-ring (bicyclic) bond motifs is 1. The van der Waals surface area contributed by atoms with E-state index in [2.05, 4.69) is 0 Å². The Morgan fingerprint density at radius 3 is 2.47 bits per heavy atom. The third-order valence-corrected chi connectivity index (χ3v) is 2.91. The number of rotatable bonds is 6. The summed E-state index contributed by atoms with van der Waals surface area (Å²) in [5.41, 5.74) is 0.583. The van der Waals surface area contributed by atoms with Gasteiger partial charge in [0.1, 0.15) is 13.2 Å². The molecule has 5 heteroatoms.